The maximum absolute atomic E-state index is 12.4. The van der Waals surface area contributed by atoms with E-state index >= 15 is 0 Å². The van der Waals surface area contributed by atoms with Crippen molar-refractivity contribution in [1.29, 1.82) is 5.26 Å². The monoisotopic (exact) mass is 275 g/mol. The Morgan fingerprint density at radius 2 is 1.75 bits per heavy atom. The molecule has 20 heavy (non-hydrogen) atoms. The lowest BCUT2D eigenvalue weighted by molar-refractivity contribution is -0.123. The normalized spacial score (nSPS) is 13.4. The lowest BCUT2D eigenvalue weighted by atomic mass is 9.83. The molecule has 0 saturated carbocycles. The highest BCUT2D eigenvalue weighted by molar-refractivity contribution is 5.90. The largest absolute Gasteiger partial charge is 0.493 e. The van der Waals surface area contributed by atoms with E-state index in [1.54, 1.807) is 25.3 Å². The Labute approximate surface area is 120 Å². The summed E-state index contributed by atoms with van der Waals surface area (Å²) in [5.41, 5.74) is 0.641. The molecule has 0 saturated heterocycles. The Bertz CT molecular complexity index is 517. The van der Waals surface area contributed by atoms with E-state index in [9.17, 15) is 10.1 Å². The number of nitrogens with zero attached hydrogens (tertiary/aromatic N) is 1. The number of carbonyl (C=O) groups excluding carboxylic acids is 1. The summed E-state index contributed by atoms with van der Waals surface area (Å²) in [6.45, 7) is 5.81. The van der Waals surface area contributed by atoms with Crippen molar-refractivity contribution in [3.05, 3.63) is 23.8 Å². The van der Waals surface area contributed by atoms with Crippen molar-refractivity contribution in [3.8, 4) is 17.6 Å². The van der Waals surface area contributed by atoms with E-state index in [0.29, 0.717) is 17.1 Å². The van der Waals surface area contributed by atoms with Crippen LogP contribution in [0.3, 0.4) is 0 Å². The number of methoxy groups -OCH3 is 2. The highest BCUT2D eigenvalue weighted by Gasteiger charge is 2.27. The molecule has 2 unspecified atom stereocenters. The Kier molecular flexibility index (Phi) is 5.57. The van der Waals surface area contributed by atoms with Gasteiger partial charge < -0.3 is 9.47 Å². The fourth-order valence-corrected chi connectivity index (χ4v) is 1.93. The van der Waals surface area contributed by atoms with Gasteiger partial charge in [-0.25, -0.2) is 0 Å². The van der Waals surface area contributed by atoms with Crippen LogP contribution in [0.15, 0.2) is 18.2 Å². The van der Waals surface area contributed by atoms with Crippen molar-refractivity contribution in [3.63, 3.8) is 0 Å². The average Bonchev–Trinajstić information content (AvgIpc) is 2.46. The fourth-order valence-electron chi connectivity index (χ4n) is 1.93. The van der Waals surface area contributed by atoms with Crippen LogP contribution in [0.4, 0.5) is 0 Å². The molecule has 0 bridgehead atoms. The predicted molar refractivity (Wildman–Crippen MR) is 76.9 cm³/mol. The maximum atomic E-state index is 12.4. The Morgan fingerprint density at radius 3 is 2.20 bits per heavy atom. The van der Waals surface area contributed by atoms with Crippen molar-refractivity contribution in [2.75, 3.05) is 14.2 Å². The summed E-state index contributed by atoms with van der Waals surface area (Å²) >= 11 is 0. The molecular formula is C16H21NO3. The molecule has 0 amide bonds. The second-order valence-corrected chi connectivity index (χ2v) is 5.11. The second-order valence-electron chi connectivity index (χ2n) is 5.11. The molecule has 0 aliphatic heterocycles. The van der Waals surface area contributed by atoms with Crippen LogP contribution in [0.25, 0.3) is 0 Å². The minimum absolute atomic E-state index is 0.0604. The quantitative estimate of drug-likeness (QED) is 0.800. The van der Waals surface area contributed by atoms with E-state index < -0.39 is 5.92 Å². The van der Waals surface area contributed by atoms with Crippen LogP contribution in [0.1, 0.15) is 32.3 Å². The van der Waals surface area contributed by atoms with Gasteiger partial charge in [-0.3, -0.25) is 4.79 Å². The van der Waals surface area contributed by atoms with Crippen molar-refractivity contribution in [1.82, 2.24) is 0 Å². The van der Waals surface area contributed by atoms with Gasteiger partial charge >= 0.3 is 0 Å². The number of hydrogen-bond acceptors (Lipinski definition) is 4. The van der Waals surface area contributed by atoms with Gasteiger partial charge in [0.15, 0.2) is 17.3 Å². The van der Waals surface area contributed by atoms with Crippen LogP contribution in [0.5, 0.6) is 11.5 Å². The Balaban J connectivity index is 3.14. The standard InChI is InChI=1S/C16H21NO3/c1-10(2)11(3)16(18)13(9-17)12-6-7-14(19-4)15(8-12)20-5/h6-8,10-11,13H,1-5H3. The number of ether oxygens (including phenoxy) is 2. The fraction of sp³-hybridized carbons (Fsp3) is 0.500. The number of ketones is 1. The third kappa shape index (κ3) is 3.30. The number of benzene rings is 1. The molecule has 108 valence electrons. The molecule has 0 spiro atoms. The van der Waals surface area contributed by atoms with Gasteiger partial charge in [-0.05, 0) is 23.6 Å². The summed E-state index contributed by atoms with van der Waals surface area (Å²) in [6.07, 6.45) is 0. The lowest BCUT2D eigenvalue weighted by Gasteiger charge is -2.18. The van der Waals surface area contributed by atoms with E-state index in [0.717, 1.165) is 0 Å². The summed E-state index contributed by atoms with van der Waals surface area (Å²) in [5, 5.41) is 9.33. The Morgan fingerprint density at radius 1 is 1.15 bits per heavy atom. The van der Waals surface area contributed by atoms with E-state index in [-0.39, 0.29) is 17.6 Å². The molecule has 1 rings (SSSR count). The van der Waals surface area contributed by atoms with E-state index in [2.05, 4.69) is 6.07 Å². The minimum atomic E-state index is -0.771. The second kappa shape index (κ2) is 6.95. The highest BCUT2D eigenvalue weighted by Crippen LogP contribution is 2.32. The van der Waals surface area contributed by atoms with Gasteiger partial charge in [-0.1, -0.05) is 26.8 Å². The number of Topliss-reactive ketones (excluding diaryl/α,β-unsaturated/α-hetero) is 1. The van der Waals surface area contributed by atoms with E-state index in [1.807, 2.05) is 20.8 Å². The molecule has 0 heterocycles. The number of hydrogen-bond donors (Lipinski definition) is 0. The number of rotatable bonds is 6. The molecule has 2 atom stereocenters. The first-order valence-corrected chi connectivity index (χ1v) is 6.61. The number of carbonyl (C=O) groups is 1. The van der Waals surface area contributed by atoms with Crippen LogP contribution in [-0.2, 0) is 4.79 Å². The average molecular weight is 275 g/mol. The van der Waals surface area contributed by atoms with E-state index in [1.165, 1.54) is 7.11 Å². The highest BCUT2D eigenvalue weighted by atomic mass is 16.5. The number of nitriles is 1. The maximum Gasteiger partial charge on any atom is 0.161 e. The van der Waals surface area contributed by atoms with Crippen LogP contribution < -0.4 is 9.47 Å². The molecule has 4 heteroatoms. The molecule has 0 radical (unpaired) electrons. The van der Waals surface area contributed by atoms with Crippen LogP contribution in [0, 0.1) is 23.2 Å². The summed E-state index contributed by atoms with van der Waals surface area (Å²) < 4.78 is 10.4. The molecular weight excluding hydrogens is 254 g/mol. The zero-order chi connectivity index (χ0) is 15.3. The van der Waals surface area contributed by atoms with Crippen LogP contribution in [0.2, 0.25) is 0 Å². The molecule has 0 aromatic heterocycles. The van der Waals surface area contributed by atoms with Crippen molar-refractivity contribution >= 4 is 5.78 Å². The van der Waals surface area contributed by atoms with E-state index in [4.69, 9.17) is 9.47 Å². The van der Waals surface area contributed by atoms with Crippen molar-refractivity contribution in [2.24, 2.45) is 11.8 Å². The first-order valence-electron chi connectivity index (χ1n) is 6.61. The van der Waals surface area contributed by atoms with Gasteiger partial charge in [0.2, 0.25) is 0 Å². The molecule has 1 aromatic rings. The zero-order valence-corrected chi connectivity index (χ0v) is 12.6. The smallest absolute Gasteiger partial charge is 0.161 e. The predicted octanol–water partition coefficient (Wildman–Crippen LogP) is 3.17. The molecule has 0 N–H and O–H groups in total. The first kappa shape index (κ1) is 16.0. The SMILES string of the molecule is COc1ccc(C(C#N)C(=O)C(C)C(C)C)cc1OC. The zero-order valence-electron chi connectivity index (χ0n) is 12.6. The van der Waals surface area contributed by atoms with Crippen molar-refractivity contribution < 1.29 is 14.3 Å². The molecule has 4 nitrogen and oxygen atoms in total. The van der Waals surface area contributed by atoms with Gasteiger partial charge in [0.1, 0.15) is 5.92 Å². The van der Waals surface area contributed by atoms with Gasteiger partial charge in [0.25, 0.3) is 0 Å². The first-order chi connectivity index (χ1) is 9.46. The third-order valence-electron chi connectivity index (χ3n) is 3.60. The lowest BCUT2D eigenvalue weighted by Crippen LogP contribution is -2.23. The summed E-state index contributed by atoms with van der Waals surface area (Å²) in [7, 11) is 3.08. The van der Waals surface area contributed by atoms with Gasteiger partial charge in [-0.2, -0.15) is 5.26 Å². The molecule has 0 aliphatic carbocycles. The van der Waals surface area contributed by atoms with Gasteiger partial charge in [0, 0.05) is 5.92 Å². The van der Waals surface area contributed by atoms with Gasteiger partial charge in [0.05, 0.1) is 20.3 Å². The molecule has 0 fully saturated rings. The summed E-state index contributed by atoms with van der Waals surface area (Å²) in [6, 6.07) is 7.24. The van der Waals surface area contributed by atoms with Crippen molar-refractivity contribution in [2.45, 2.75) is 26.7 Å². The topological polar surface area (TPSA) is 59.3 Å². The summed E-state index contributed by atoms with van der Waals surface area (Å²) in [5.74, 6) is 0.320. The van der Waals surface area contributed by atoms with Crippen LogP contribution in [-0.4, -0.2) is 20.0 Å². The molecule has 1 aromatic carbocycles. The third-order valence-corrected chi connectivity index (χ3v) is 3.60. The molecule has 0 aliphatic rings. The van der Waals surface area contributed by atoms with Crippen LogP contribution >= 0.6 is 0 Å². The van der Waals surface area contributed by atoms with Gasteiger partial charge in [-0.15, -0.1) is 0 Å². The Hall–Kier alpha value is -2.02. The minimum Gasteiger partial charge on any atom is -0.493 e. The summed E-state index contributed by atoms with van der Waals surface area (Å²) in [4.78, 5) is 12.4.